The molecule has 16 heavy (non-hydrogen) atoms. The van der Waals surface area contributed by atoms with E-state index in [9.17, 15) is 4.79 Å². The summed E-state index contributed by atoms with van der Waals surface area (Å²) < 4.78 is 4.98. The van der Waals surface area contributed by atoms with Gasteiger partial charge in [-0.2, -0.15) is 0 Å². The highest BCUT2D eigenvalue weighted by Gasteiger charge is 2.32. The lowest BCUT2D eigenvalue weighted by Gasteiger charge is -2.20. The van der Waals surface area contributed by atoms with Gasteiger partial charge in [-0.25, -0.2) is 4.79 Å². The monoisotopic (exact) mass is 221 g/mol. The van der Waals surface area contributed by atoms with E-state index in [1.165, 1.54) is 0 Å². The van der Waals surface area contributed by atoms with Gasteiger partial charge < -0.3 is 9.84 Å². The van der Waals surface area contributed by atoms with Gasteiger partial charge in [-0.15, -0.1) is 0 Å². The number of aliphatic hydroxyl groups is 1. The van der Waals surface area contributed by atoms with Gasteiger partial charge in [0.25, 0.3) is 0 Å². The van der Waals surface area contributed by atoms with Crippen molar-refractivity contribution in [2.75, 3.05) is 13.2 Å². The third-order valence-corrected chi connectivity index (χ3v) is 2.73. The molecule has 0 saturated carbocycles. The fourth-order valence-corrected chi connectivity index (χ4v) is 1.85. The number of carbonyl (C=O) groups excluding carboxylic acids is 1. The fourth-order valence-electron chi connectivity index (χ4n) is 1.85. The van der Waals surface area contributed by atoms with Crippen LogP contribution in [-0.4, -0.2) is 35.4 Å². The Morgan fingerprint density at radius 2 is 2.12 bits per heavy atom. The van der Waals surface area contributed by atoms with E-state index in [0.29, 0.717) is 19.6 Å². The van der Waals surface area contributed by atoms with Crippen LogP contribution in [0.25, 0.3) is 0 Å². The predicted molar refractivity (Wildman–Crippen MR) is 58.8 cm³/mol. The number of rotatable bonds is 4. The Morgan fingerprint density at radius 3 is 2.81 bits per heavy atom. The van der Waals surface area contributed by atoms with Crippen LogP contribution in [0.3, 0.4) is 0 Å². The predicted octanol–water partition coefficient (Wildman–Crippen LogP) is 1.39. The smallest absolute Gasteiger partial charge is 0.410 e. The maximum absolute atomic E-state index is 11.5. The third-order valence-electron chi connectivity index (χ3n) is 2.73. The Bertz CT molecular complexity index is 353. The summed E-state index contributed by atoms with van der Waals surface area (Å²) in [4.78, 5) is 13.2. The summed E-state index contributed by atoms with van der Waals surface area (Å²) in [5.74, 6) is 0. The molecule has 1 unspecified atom stereocenters. The van der Waals surface area contributed by atoms with Gasteiger partial charge in [-0.05, 0) is 12.0 Å². The molecule has 1 amide bonds. The number of carbonyl (C=O) groups is 1. The molecule has 1 atom stereocenters. The van der Waals surface area contributed by atoms with Gasteiger partial charge in [0.2, 0.25) is 0 Å². The van der Waals surface area contributed by atoms with Gasteiger partial charge in [0.1, 0.15) is 6.61 Å². The van der Waals surface area contributed by atoms with Gasteiger partial charge in [-0.1, -0.05) is 30.3 Å². The second-order valence-corrected chi connectivity index (χ2v) is 3.86. The summed E-state index contributed by atoms with van der Waals surface area (Å²) in [6.45, 7) is 1.00. The molecule has 1 fully saturated rings. The van der Waals surface area contributed by atoms with Crippen LogP contribution in [0.5, 0.6) is 0 Å². The number of hydrogen-bond donors (Lipinski definition) is 1. The molecule has 86 valence electrons. The highest BCUT2D eigenvalue weighted by atomic mass is 16.6. The molecule has 0 spiro atoms. The summed E-state index contributed by atoms with van der Waals surface area (Å²) in [5, 5.41) is 8.90. The lowest BCUT2D eigenvalue weighted by atomic mass is 10.1. The molecule has 1 aliphatic heterocycles. The minimum Gasteiger partial charge on any atom is -0.447 e. The molecule has 1 aromatic rings. The third kappa shape index (κ3) is 2.33. The largest absolute Gasteiger partial charge is 0.447 e. The first kappa shape index (κ1) is 11.0. The van der Waals surface area contributed by atoms with E-state index in [1.807, 2.05) is 30.3 Å². The van der Waals surface area contributed by atoms with Crippen LogP contribution in [0.4, 0.5) is 4.79 Å². The first-order chi connectivity index (χ1) is 7.81. The highest BCUT2D eigenvalue weighted by Crippen LogP contribution is 2.18. The number of amides is 1. The van der Waals surface area contributed by atoms with Gasteiger partial charge in [-0.3, -0.25) is 4.90 Å². The van der Waals surface area contributed by atoms with Crippen molar-refractivity contribution in [3.8, 4) is 0 Å². The lowest BCUT2D eigenvalue weighted by Crippen LogP contribution is -2.33. The molecule has 2 rings (SSSR count). The Hall–Kier alpha value is -1.55. The second-order valence-electron chi connectivity index (χ2n) is 3.86. The van der Waals surface area contributed by atoms with Crippen LogP contribution < -0.4 is 0 Å². The molecule has 0 aromatic heterocycles. The van der Waals surface area contributed by atoms with Crippen LogP contribution in [-0.2, 0) is 11.3 Å². The molecular formula is C12H15NO3. The van der Waals surface area contributed by atoms with Crippen molar-refractivity contribution in [3.05, 3.63) is 35.9 Å². The lowest BCUT2D eigenvalue weighted by molar-refractivity contribution is 0.155. The number of hydrogen-bond acceptors (Lipinski definition) is 3. The standard InChI is InChI=1S/C12H15NO3/c14-7-6-11-9-16-12(15)13(11)8-10-4-2-1-3-5-10/h1-5,11,14H,6-9H2. The van der Waals surface area contributed by atoms with Crippen molar-refractivity contribution in [1.82, 2.24) is 4.90 Å². The maximum atomic E-state index is 11.5. The normalized spacial score (nSPS) is 19.9. The molecule has 0 aliphatic carbocycles. The zero-order chi connectivity index (χ0) is 11.4. The number of benzene rings is 1. The van der Waals surface area contributed by atoms with Gasteiger partial charge in [0, 0.05) is 13.2 Å². The second kappa shape index (κ2) is 4.99. The minimum atomic E-state index is -0.290. The van der Waals surface area contributed by atoms with E-state index >= 15 is 0 Å². The van der Waals surface area contributed by atoms with E-state index in [1.54, 1.807) is 4.90 Å². The van der Waals surface area contributed by atoms with Crippen molar-refractivity contribution in [2.24, 2.45) is 0 Å². The average Bonchev–Trinajstić information content (AvgIpc) is 2.64. The molecule has 4 heteroatoms. The van der Waals surface area contributed by atoms with E-state index in [4.69, 9.17) is 9.84 Å². The SMILES string of the molecule is O=C1OCC(CCO)N1Cc1ccccc1. The minimum absolute atomic E-state index is 0.00212. The van der Waals surface area contributed by atoms with E-state index < -0.39 is 0 Å². The van der Waals surface area contributed by atoms with Gasteiger partial charge >= 0.3 is 6.09 Å². The molecule has 0 radical (unpaired) electrons. The zero-order valence-corrected chi connectivity index (χ0v) is 9.00. The van der Waals surface area contributed by atoms with Crippen LogP contribution in [0, 0.1) is 0 Å². The molecule has 0 bridgehead atoms. The quantitative estimate of drug-likeness (QED) is 0.835. The summed E-state index contributed by atoms with van der Waals surface area (Å²) >= 11 is 0. The average molecular weight is 221 g/mol. The van der Waals surface area contributed by atoms with Crippen molar-refractivity contribution in [1.29, 1.82) is 0 Å². The fraction of sp³-hybridized carbons (Fsp3) is 0.417. The molecule has 1 saturated heterocycles. The molecule has 1 N–H and O–H groups in total. The summed E-state index contributed by atoms with van der Waals surface area (Å²) in [6.07, 6.45) is 0.278. The van der Waals surface area contributed by atoms with Crippen LogP contribution in [0.2, 0.25) is 0 Å². The Morgan fingerprint density at radius 1 is 1.38 bits per heavy atom. The molecule has 1 aliphatic rings. The van der Waals surface area contributed by atoms with Gasteiger partial charge in [0.05, 0.1) is 6.04 Å². The van der Waals surface area contributed by atoms with E-state index in [-0.39, 0.29) is 18.7 Å². The van der Waals surface area contributed by atoms with Crippen molar-refractivity contribution in [2.45, 2.75) is 19.0 Å². The summed E-state index contributed by atoms with van der Waals surface area (Å²) in [7, 11) is 0. The van der Waals surface area contributed by atoms with Crippen LogP contribution in [0.15, 0.2) is 30.3 Å². The van der Waals surface area contributed by atoms with E-state index in [2.05, 4.69) is 0 Å². The van der Waals surface area contributed by atoms with Crippen molar-refractivity contribution >= 4 is 6.09 Å². The number of nitrogens with zero attached hydrogens (tertiary/aromatic N) is 1. The molecule has 4 nitrogen and oxygen atoms in total. The van der Waals surface area contributed by atoms with E-state index in [0.717, 1.165) is 5.56 Å². The first-order valence-corrected chi connectivity index (χ1v) is 5.39. The topological polar surface area (TPSA) is 49.8 Å². The molecule has 1 aromatic carbocycles. The number of aliphatic hydroxyl groups excluding tert-OH is 1. The van der Waals surface area contributed by atoms with Gasteiger partial charge in [0.15, 0.2) is 0 Å². The molecular weight excluding hydrogens is 206 g/mol. The zero-order valence-electron chi connectivity index (χ0n) is 9.00. The molecule has 1 heterocycles. The number of ether oxygens (including phenoxy) is 1. The first-order valence-electron chi connectivity index (χ1n) is 5.39. The summed E-state index contributed by atoms with van der Waals surface area (Å²) in [6, 6.07) is 9.77. The van der Waals surface area contributed by atoms with Crippen LogP contribution >= 0.6 is 0 Å². The van der Waals surface area contributed by atoms with Crippen molar-refractivity contribution in [3.63, 3.8) is 0 Å². The highest BCUT2D eigenvalue weighted by molar-refractivity contribution is 5.70. The van der Waals surface area contributed by atoms with Crippen LogP contribution in [0.1, 0.15) is 12.0 Å². The van der Waals surface area contributed by atoms with Crippen molar-refractivity contribution < 1.29 is 14.6 Å². The summed E-state index contributed by atoms with van der Waals surface area (Å²) in [5.41, 5.74) is 1.07. The Balaban J connectivity index is 2.04. The Kier molecular flexibility index (Phi) is 3.41. The maximum Gasteiger partial charge on any atom is 0.410 e. The Labute approximate surface area is 94.4 Å². The number of cyclic esters (lactones) is 1.